The van der Waals surface area contributed by atoms with Gasteiger partial charge in [0, 0.05) is 29.7 Å². The molecule has 0 saturated heterocycles. The molecule has 0 amide bonds. The number of aliphatic hydroxyl groups excluding tert-OH is 2. The van der Waals surface area contributed by atoms with E-state index in [-0.39, 0.29) is 17.1 Å². The first kappa shape index (κ1) is 19.2. The van der Waals surface area contributed by atoms with Gasteiger partial charge in [0.2, 0.25) is 0 Å². The predicted molar refractivity (Wildman–Crippen MR) is 50.9 cm³/mol. The van der Waals surface area contributed by atoms with Gasteiger partial charge in [0.25, 0.3) is 0 Å². The first-order chi connectivity index (χ1) is 8.51. The molecule has 1 heterocycles. The maximum absolute atomic E-state index is 12.3. The Labute approximate surface area is 120 Å². The van der Waals surface area contributed by atoms with Gasteiger partial charge in [-0.05, 0) is 17.7 Å². The minimum atomic E-state index is -4.94. The number of aromatic nitrogens is 1. The number of alkyl halides is 6. The topological polar surface area (TPSA) is 53.4 Å². The Morgan fingerprint density at radius 3 is 2.10 bits per heavy atom. The SMILES string of the molecule is OC(CC(O)C(F)(F)F)c1ccnc(C(F)(F)F)c1.[Cu]. The Morgan fingerprint density at radius 2 is 1.65 bits per heavy atom. The van der Waals surface area contributed by atoms with Crippen LogP contribution >= 0.6 is 0 Å². The minimum Gasteiger partial charge on any atom is -0.388 e. The van der Waals surface area contributed by atoms with Gasteiger partial charge in [0.1, 0.15) is 5.69 Å². The quantitative estimate of drug-likeness (QED) is 0.649. The summed E-state index contributed by atoms with van der Waals surface area (Å²) in [6, 6.07) is 1.39. The van der Waals surface area contributed by atoms with Gasteiger partial charge < -0.3 is 10.2 Å². The fourth-order valence-corrected chi connectivity index (χ4v) is 1.29. The molecule has 10 heteroatoms. The molecule has 0 spiro atoms. The molecule has 20 heavy (non-hydrogen) atoms. The molecule has 0 aromatic carbocycles. The van der Waals surface area contributed by atoms with E-state index in [1.807, 2.05) is 0 Å². The molecule has 0 aliphatic heterocycles. The second kappa shape index (κ2) is 6.75. The van der Waals surface area contributed by atoms with Crippen LogP contribution in [0.5, 0.6) is 0 Å². The van der Waals surface area contributed by atoms with Crippen LogP contribution in [-0.2, 0) is 23.2 Å². The molecule has 2 N–H and O–H groups in total. The third kappa shape index (κ3) is 5.28. The Morgan fingerprint density at radius 1 is 1.10 bits per heavy atom. The zero-order valence-corrected chi connectivity index (χ0v) is 10.4. The van der Waals surface area contributed by atoms with E-state index in [0.29, 0.717) is 6.07 Å². The molecule has 0 bridgehead atoms. The summed E-state index contributed by atoms with van der Waals surface area (Å²) in [6.45, 7) is 0. The number of pyridine rings is 1. The molecule has 1 aromatic rings. The van der Waals surface area contributed by atoms with Crippen molar-refractivity contribution in [3.05, 3.63) is 29.6 Å². The van der Waals surface area contributed by atoms with E-state index < -0.39 is 42.2 Å². The zero-order chi connectivity index (χ0) is 14.8. The first-order valence-corrected chi connectivity index (χ1v) is 4.98. The second-order valence-electron chi connectivity index (χ2n) is 3.78. The van der Waals surface area contributed by atoms with Gasteiger partial charge in [-0.1, -0.05) is 0 Å². The summed E-state index contributed by atoms with van der Waals surface area (Å²) < 4.78 is 73.0. The van der Waals surface area contributed by atoms with Crippen molar-refractivity contribution >= 4 is 0 Å². The van der Waals surface area contributed by atoms with E-state index in [4.69, 9.17) is 5.11 Å². The van der Waals surface area contributed by atoms with Crippen LogP contribution in [0, 0.1) is 0 Å². The molecule has 1 rings (SSSR count). The summed E-state index contributed by atoms with van der Waals surface area (Å²) in [5, 5.41) is 18.1. The van der Waals surface area contributed by atoms with Gasteiger partial charge in [-0.25, -0.2) is 0 Å². The zero-order valence-electron chi connectivity index (χ0n) is 9.50. The molecule has 2 atom stereocenters. The number of hydrogen-bond donors (Lipinski definition) is 2. The van der Waals surface area contributed by atoms with E-state index in [1.54, 1.807) is 0 Å². The van der Waals surface area contributed by atoms with Crippen molar-refractivity contribution in [2.45, 2.75) is 31.0 Å². The standard InChI is InChI=1S/C10H9F6NO2.Cu/c11-9(12,13)7-3-5(1-2-17-7)6(18)4-8(19)10(14,15)16;/h1-3,6,8,18-19H,4H2;. The van der Waals surface area contributed by atoms with Gasteiger partial charge in [-0.3, -0.25) is 4.98 Å². The second-order valence-corrected chi connectivity index (χ2v) is 3.78. The van der Waals surface area contributed by atoms with Crippen LogP contribution in [0.2, 0.25) is 0 Å². The molecular weight excluding hydrogens is 344 g/mol. The molecule has 2 unspecified atom stereocenters. The molecule has 3 nitrogen and oxygen atoms in total. The van der Waals surface area contributed by atoms with Crippen LogP contribution in [0.25, 0.3) is 0 Å². The van der Waals surface area contributed by atoms with Crippen molar-refractivity contribution in [2.24, 2.45) is 0 Å². The molecule has 1 radical (unpaired) electrons. The van der Waals surface area contributed by atoms with Gasteiger partial charge in [-0.2, -0.15) is 26.3 Å². The summed E-state index contributed by atoms with van der Waals surface area (Å²) in [7, 11) is 0. The number of aliphatic hydroxyl groups is 2. The van der Waals surface area contributed by atoms with E-state index in [9.17, 15) is 31.4 Å². The molecule has 0 fully saturated rings. The third-order valence-electron chi connectivity index (χ3n) is 2.28. The summed E-state index contributed by atoms with van der Waals surface area (Å²) in [5.41, 5.74) is -1.73. The Hall–Kier alpha value is -0.831. The van der Waals surface area contributed by atoms with Crippen molar-refractivity contribution in [3.8, 4) is 0 Å². The van der Waals surface area contributed by atoms with Gasteiger partial charge in [0.05, 0.1) is 6.10 Å². The Bertz CT molecular complexity index is 436. The molecule has 0 aliphatic carbocycles. The van der Waals surface area contributed by atoms with E-state index in [0.717, 1.165) is 12.3 Å². The summed E-state index contributed by atoms with van der Waals surface area (Å²) in [6.07, 6.45) is -14.8. The van der Waals surface area contributed by atoms with Crippen LogP contribution in [0.3, 0.4) is 0 Å². The summed E-state index contributed by atoms with van der Waals surface area (Å²) in [5.74, 6) is 0. The van der Waals surface area contributed by atoms with E-state index in [2.05, 4.69) is 4.98 Å². The number of rotatable bonds is 3. The van der Waals surface area contributed by atoms with Crippen molar-refractivity contribution in [1.29, 1.82) is 0 Å². The first-order valence-electron chi connectivity index (χ1n) is 4.98. The van der Waals surface area contributed by atoms with Gasteiger partial charge in [-0.15, -0.1) is 0 Å². The van der Waals surface area contributed by atoms with Crippen molar-refractivity contribution < 1.29 is 53.6 Å². The molecule has 1 aromatic heterocycles. The van der Waals surface area contributed by atoms with Crippen molar-refractivity contribution in [3.63, 3.8) is 0 Å². The Kier molecular flexibility index (Phi) is 6.47. The fraction of sp³-hybridized carbons (Fsp3) is 0.500. The normalized spacial score (nSPS) is 15.4. The van der Waals surface area contributed by atoms with Gasteiger partial charge >= 0.3 is 12.4 Å². The van der Waals surface area contributed by atoms with Crippen LogP contribution < -0.4 is 0 Å². The van der Waals surface area contributed by atoms with Crippen molar-refractivity contribution in [1.82, 2.24) is 4.98 Å². The third-order valence-corrected chi connectivity index (χ3v) is 2.28. The average molecular weight is 353 g/mol. The number of halogens is 6. The molecule has 0 saturated carbocycles. The van der Waals surface area contributed by atoms with Crippen molar-refractivity contribution in [2.75, 3.05) is 0 Å². The molecular formula is C10H9CuF6NO2. The molecule has 119 valence electrons. The summed E-state index contributed by atoms with van der Waals surface area (Å²) >= 11 is 0. The number of hydrogen-bond acceptors (Lipinski definition) is 3. The van der Waals surface area contributed by atoms with Crippen LogP contribution in [0.4, 0.5) is 26.3 Å². The maximum atomic E-state index is 12.3. The Balaban J connectivity index is 0.00000361. The number of nitrogens with zero attached hydrogens (tertiary/aromatic N) is 1. The van der Waals surface area contributed by atoms with Crippen LogP contribution in [0.15, 0.2) is 18.3 Å². The predicted octanol–water partition coefficient (Wildman–Crippen LogP) is 2.44. The van der Waals surface area contributed by atoms with Gasteiger partial charge in [0.15, 0.2) is 6.10 Å². The summed E-state index contributed by atoms with van der Waals surface area (Å²) in [4.78, 5) is 3.00. The average Bonchev–Trinajstić information content (AvgIpc) is 2.26. The van der Waals surface area contributed by atoms with E-state index in [1.165, 1.54) is 0 Å². The maximum Gasteiger partial charge on any atom is 0.433 e. The minimum absolute atomic E-state index is 0. The monoisotopic (exact) mass is 352 g/mol. The van der Waals surface area contributed by atoms with Crippen LogP contribution in [0.1, 0.15) is 23.8 Å². The van der Waals surface area contributed by atoms with E-state index >= 15 is 0 Å². The largest absolute Gasteiger partial charge is 0.433 e. The van der Waals surface area contributed by atoms with Crippen LogP contribution in [-0.4, -0.2) is 27.5 Å². The molecule has 0 aliphatic rings. The smallest absolute Gasteiger partial charge is 0.388 e. The fourth-order valence-electron chi connectivity index (χ4n) is 1.29.